The van der Waals surface area contributed by atoms with Gasteiger partial charge >= 0.3 is 0 Å². The zero-order valence-corrected chi connectivity index (χ0v) is 10.8. The molecule has 0 heterocycles. The number of hydrogen-bond donors (Lipinski definition) is 3. The Labute approximate surface area is 105 Å². The van der Waals surface area contributed by atoms with Crippen LogP contribution >= 0.6 is 0 Å². The van der Waals surface area contributed by atoms with Gasteiger partial charge in [0.05, 0.1) is 6.10 Å². The molecule has 2 fully saturated rings. The normalized spacial score (nSPS) is 39.2. The third-order valence-corrected chi connectivity index (χ3v) is 4.67. The first kappa shape index (κ1) is 13.3. The Morgan fingerprint density at radius 1 is 0.882 bits per heavy atom. The van der Waals surface area contributed by atoms with E-state index in [1.165, 1.54) is 25.7 Å². The second kappa shape index (κ2) is 6.72. The summed E-state index contributed by atoms with van der Waals surface area (Å²) in [4.78, 5) is 0. The molecule has 2 unspecified atom stereocenters. The van der Waals surface area contributed by atoms with E-state index in [1.807, 2.05) is 0 Å². The molecule has 0 amide bonds. The minimum atomic E-state index is -0.0621. The quantitative estimate of drug-likeness (QED) is 0.702. The number of aliphatic hydroxyl groups excluding tert-OH is 2. The van der Waals surface area contributed by atoms with Crippen molar-refractivity contribution in [3.05, 3.63) is 0 Å². The lowest BCUT2D eigenvalue weighted by Crippen LogP contribution is -2.40. The van der Waals surface area contributed by atoms with Crippen LogP contribution in [0, 0.1) is 11.8 Å². The van der Waals surface area contributed by atoms with Crippen molar-refractivity contribution in [2.75, 3.05) is 13.2 Å². The molecule has 0 spiro atoms. The predicted octanol–water partition coefficient (Wildman–Crippen LogP) is 1.68. The SMILES string of the molecule is OCC1CCCCC1CNC1CCC(O)CC1. The molecule has 0 aromatic carbocycles. The molecule has 2 atom stereocenters. The Kier molecular flexibility index (Phi) is 5.26. The van der Waals surface area contributed by atoms with Crippen molar-refractivity contribution >= 4 is 0 Å². The molecule has 0 aromatic heterocycles. The highest BCUT2D eigenvalue weighted by molar-refractivity contribution is 4.81. The lowest BCUT2D eigenvalue weighted by atomic mass is 9.79. The van der Waals surface area contributed by atoms with Crippen molar-refractivity contribution < 1.29 is 10.2 Å². The van der Waals surface area contributed by atoms with E-state index in [0.717, 1.165) is 32.2 Å². The van der Waals surface area contributed by atoms with Crippen molar-refractivity contribution in [3.8, 4) is 0 Å². The van der Waals surface area contributed by atoms with Gasteiger partial charge in [0.1, 0.15) is 0 Å². The molecule has 0 saturated heterocycles. The number of rotatable bonds is 4. The molecular formula is C14H27NO2. The first-order valence-electron chi connectivity index (χ1n) is 7.32. The summed E-state index contributed by atoms with van der Waals surface area (Å²) in [5.74, 6) is 1.19. The van der Waals surface area contributed by atoms with Crippen LogP contribution in [0.25, 0.3) is 0 Å². The van der Waals surface area contributed by atoms with Gasteiger partial charge in [0.2, 0.25) is 0 Å². The van der Waals surface area contributed by atoms with Crippen LogP contribution in [0.2, 0.25) is 0 Å². The van der Waals surface area contributed by atoms with Gasteiger partial charge in [0.25, 0.3) is 0 Å². The summed E-state index contributed by atoms with van der Waals surface area (Å²) in [6.45, 7) is 1.42. The zero-order chi connectivity index (χ0) is 12.1. The van der Waals surface area contributed by atoms with Gasteiger partial charge in [-0.15, -0.1) is 0 Å². The molecule has 0 bridgehead atoms. The van der Waals surface area contributed by atoms with Gasteiger partial charge in [-0.05, 0) is 56.9 Å². The molecule has 3 nitrogen and oxygen atoms in total. The van der Waals surface area contributed by atoms with Gasteiger partial charge in [0.15, 0.2) is 0 Å². The molecule has 2 aliphatic carbocycles. The Balaban J connectivity index is 1.69. The smallest absolute Gasteiger partial charge is 0.0541 e. The maximum atomic E-state index is 9.46. The van der Waals surface area contributed by atoms with E-state index >= 15 is 0 Å². The van der Waals surface area contributed by atoms with E-state index in [2.05, 4.69) is 5.32 Å². The number of hydrogen-bond acceptors (Lipinski definition) is 3. The maximum Gasteiger partial charge on any atom is 0.0541 e. The molecule has 3 heteroatoms. The third kappa shape index (κ3) is 3.94. The Hall–Kier alpha value is -0.120. The monoisotopic (exact) mass is 241 g/mol. The van der Waals surface area contributed by atoms with Gasteiger partial charge < -0.3 is 15.5 Å². The van der Waals surface area contributed by atoms with Crippen molar-refractivity contribution in [1.82, 2.24) is 5.32 Å². The molecule has 0 radical (unpaired) electrons. The molecule has 2 aliphatic rings. The maximum absolute atomic E-state index is 9.46. The minimum absolute atomic E-state index is 0.0621. The summed E-state index contributed by atoms with van der Waals surface area (Å²) < 4.78 is 0. The lowest BCUT2D eigenvalue weighted by molar-refractivity contribution is 0.106. The molecular weight excluding hydrogens is 214 g/mol. The van der Waals surface area contributed by atoms with Crippen LogP contribution in [0.5, 0.6) is 0 Å². The van der Waals surface area contributed by atoms with Crippen molar-refractivity contribution in [3.63, 3.8) is 0 Å². The Morgan fingerprint density at radius 2 is 1.53 bits per heavy atom. The van der Waals surface area contributed by atoms with Crippen molar-refractivity contribution in [2.45, 2.75) is 63.5 Å². The average molecular weight is 241 g/mol. The molecule has 0 aromatic rings. The topological polar surface area (TPSA) is 52.5 Å². The first-order chi connectivity index (χ1) is 8.29. The summed E-state index contributed by atoms with van der Waals surface area (Å²) in [6.07, 6.45) is 9.14. The lowest BCUT2D eigenvalue weighted by Gasteiger charge is -2.33. The summed E-state index contributed by atoms with van der Waals surface area (Å²) in [5, 5.41) is 22.5. The van der Waals surface area contributed by atoms with Crippen LogP contribution in [0.15, 0.2) is 0 Å². The highest BCUT2D eigenvalue weighted by Gasteiger charge is 2.26. The van der Waals surface area contributed by atoms with Crippen LogP contribution in [-0.4, -0.2) is 35.5 Å². The predicted molar refractivity (Wildman–Crippen MR) is 68.8 cm³/mol. The van der Waals surface area contributed by atoms with Gasteiger partial charge in [0, 0.05) is 12.6 Å². The molecule has 2 rings (SSSR count). The van der Waals surface area contributed by atoms with E-state index < -0.39 is 0 Å². The molecule has 17 heavy (non-hydrogen) atoms. The third-order valence-electron chi connectivity index (χ3n) is 4.67. The van der Waals surface area contributed by atoms with E-state index in [-0.39, 0.29) is 6.10 Å². The molecule has 100 valence electrons. The van der Waals surface area contributed by atoms with E-state index in [1.54, 1.807) is 0 Å². The van der Waals surface area contributed by atoms with Gasteiger partial charge in [-0.3, -0.25) is 0 Å². The summed E-state index contributed by atoms with van der Waals surface area (Å²) in [7, 11) is 0. The molecule has 3 N–H and O–H groups in total. The average Bonchev–Trinajstić information content (AvgIpc) is 2.38. The van der Waals surface area contributed by atoms with Crippen LogP contribution < -0.4 is 5.32 Å². The Morgan fingerprint density at radius 3 is 2.18 bits per heavy atom. The second-order valence-electron chi connectivity index (χ2n) is 5.90. The van der Waals surface area contributed by atoms with Crippen LogP contribution in [0.4, 0.5) is 0 Å². The fourth-order valence-electron chi connectivity index (χ4n) is 3.39. The number of aliphatic hydroxyl groups is 2. The van der Waals surface area contributed by atoms with Gasteiger partial charge in [-0.25, -0.2) is 0 Å². The first-order valence-corrected chi connectivity index (χ1v) is 7.32. The fraction of sp³-hybridized carbons (Fsp3) is 1.00. The summed E-state index contributed by atoms with van der Waals surface area (Å²) >= 11 is 0. The van der Waals surface area contributed by atoms with Crippen LogP contribution in [0.1, 0.15) is 51.4 Å². The van der Waals surface area contributed by atoms with E-state index in [9.17, 15) is 10.2 Å². The van der Waals surface area contributed by atoms with E-state index in [0.29, 0.717) is 24.5 Å². The largest absolute Gasteiger partial charge is 0.396 e. The Bertz CT molecular complexity index is 214. The minimum Gasteiger partial charge on any atom is -0.396 e. The van der Waals surface area contributed by atoms with Crippen molar-refractivity contribution in [2.24, 2.45) is 11.8 Å². The van der Waals surface area contributed by atoms with Gasteiger partial charge in [-0.2, -0.15) is 0 Å². The molecule has 2 saturated carbocycles. The summed E-state index contributed by atoms with van der Waals surface area (Å²) in [6, 6.07) is 0.597. The summed E-state index contributed by atoms with van der Waals surface area (Å²) in [5.41, 5.74) is 0. The highest BCUT2D eigenvalue weighted by Crippen LogP contribution is 2.29. The molecule has 0 aliphatic heterocycles. The van der Waals surface area contributed by atoms with Crippen LogP contribution in [-0.2, 0) is 0 Å². The van der Waals surface area contributed by atoms with Gasteiger partial charge in [-0.1, -0.05) is 12.8 Å². The highest BCUT2D eigenvalue weighted by atomic mass is 16.3. The number of nitrogens with one attached hydrogen (secondary N) is 1. The zero-order valence-electron chi connectivity index (χ0n) is 10.8. The second-order valence-corrected chi connectivity index (χ2v) is 5.90. The van der Waals surface area contributed by atoms with Crippen molar-refractivity contribution in [1.29, 1.82) is 0 Å². The van der Waals surface area contributed by atoms with E-state index in [4.69, 9.17) is 0 Å². The standard InChI is InChI=1S/C14H27NO2/c16-10-12-4-2-1-3-11(12)9-15-13-5-7-14(17)8-6-13/h11-17H,1-10H2. The fourth-order valence-corrected chi connectivity index (χ4v) is 3.39. The van der Waals surface area contributed by atoms with Crippen LogP contribution in [0.3, 0.4) is 0 Å².